The highest BCUT2D eigenvalue weighted by Crippen LogP contribution is 2.14. The van der Waals surface area contributed by atoms with Crippen molar-refractivity contribution in [2.75, 3.05) is 19.0 Å². The summed E-state index contributed by atoms with van der Waals surface area (Å²) in [5, 5.41) is 11.0. The summed E-state index contributed by atoms with van der Waals surface area (Å²) < 4.78 is 4.94. The van der Waals surface area contributed by atoms with Gasteiger partial charge in [-0.1, -0.05) is 0 Å². The van der Waals surface area contributed by atoms with E-state index in [2.05, 4.69) is 25.5 Å². The highest BCUT2D eigenvalue weighted by atomic mass is 16.5. The average Bonchev–Trinajstić information content (AvgIpc) is 2.40. The Labute approximate surface area is 99.1 Å². The molecule has 0 saturated heterocycles. The molecule has 0 unspecified atom stereocenters. The molecule has 0 amide bonds. The maximum Gasteiger partial charge on any atom is 0.233 e. The van der Waals surface area contributed by atoms with E-state index in [1.807, 2.05) is 13.0 Å². The Morgan fingerprint density at radius 3 is 2.76 bits per heavy atom. The summed E-state index contributed by atoms with van der Waals surface area (Å²) in [6.07, 6.45) is 1.69. The van der Waals surface area contributed by atoms with Crippen LogP contribution in [0.15, 0.2) is 24.4 Å². The van der Waals surface area contributed by atoms with Crippen molar-refractivity contribution in [3.63, 3.8) is 0 Å². The lowest BCUT2D eigenvalue weighted by Gasteiger charge is -2.04. The first-order valence-corrected chi connectivity index (χ1v) is 5.28. The van der Waals surface area contributed by atoms with Gasteiger partial charge >= 0.3 is 0 Å². The lowest BCUT2D eigenvalue weighted by molar-refractivity contribution is 0.392. The molecule has 0 saturated carbocycles. The molecule has 2 aromatic heterocycles. The molecule has 0 spiro atoms. The molecule has 1 N–H and O–H groups in total. The minimum Gasteiger partial charge on any atom is -0.480 e. The van der Waals surface area contributed by atoms with Crippen LogP contribution in [-0.2, 0) is 0 Å². The van der Waals surface area contributed by atoms with Crippen molar-refractivity contribution >= 4 is 5.82 Å². The van der Waals surface area contributed by atoms with Gasteiger partial charge in [0.25, 0.3) is 0 Å². The van der Waals surface area contributed by atoms with Crippen LogP contribution in [0, 0.1) is 0 Å². The van der Waals surface area contributed by atoms with Crippen molar-refractivity contribution in [1.29, 1.82) is 0 Å². The van der Waals surface area contributed by atoms with Crippen molar-refractivity contribution in [3.8, 4) is 17.4 Å². The first kappa shape index (κ1) is 11.3. The Hall–Kier alpha value is -2.24. The Balaban J connectivity index is 2.28. The second kappa shape index (κ2) is 5.20. The first-order valence-electron chi connectivity index (χ1n) is 5.28. The molecule has 0 aromatic carbocycles. The van der Waals surface area contributed by atoms with E-state index in [9.17, 15) is 0 Å². The second-order valence-electron chi connectivity index (χ2n) is 3.26. The topological polar surface area (TPSA) is 72.8 Å². The van der Waals surface area contributed by atoms with Crippen LogP contribution >= 0.6 is 0 Å². The normalized spacial score (nSPS) is 10.0. The highest BCUT2D eigenvalue weighted by Gasteiger charge is 2.05. The summed E-state index contributed by atoms with van der Waals surface area (Å²) >= 11 is 0. The third kappa shape index (κ3) is 2.66. The first-order chi connectivity index (χ1) is 8.33. The molecular weight excluding hydrogens is 218 g/mol. The van der Waals surface area contributed by atoms with Crippen LogP contribution in [0.1, 0.15) is 6.92 Å². The summed E-state index contributed by atoms with van der Waals surface area (Å²) in [4.78, 5) is 8.48. The number of aromatic nitrogens is 4. The van der Waals surface area contributed by atoms with Gasteiger partial charge in [-0.25, -0.2) is 9.97 Å². The molecule has 0 radical (unpaired) electrons. The van der Waals surface area contributed by atoms with Gasteiger partial charge in [-0.05, 0) is 19.1 Å². The fraction of sp³-hybridized carbons (Fsp3) is 0.273. The zero-order valence-corrected chi connectivity index (χ0v) is 9.71. The number of nitrogens with zero attached hydrogens (tertiary/aromatic N) is 4. The Bertz CT molecular complexity index is 485. The third-order valence-electron chi connectivity index (χ3n) is 2.09. The van der Waals surface area contributed by atoms with E-state index < -0.39 is 0 Å². The predicted octanol–water partition coefficient (Wildman–Crippen LogP) is 1.37. The van der Waals surface area contributed by atoms with Gasteiger partial charge in [-0.2, -0.15) is 0 Å². The van der Waals surface area contributed by atoms with E-state index in [1.165, 1.54) is 0 Å². The van der Waals surface area contributed by atoms with Crippen LogP contribution in [0.5, 0.6) is 5.88 Å². The fourth-order valence-electron chi connectivity index (χ4n) is 1.31. The number of nitrogens with one attached hydrogen (secondary N) is 1. The highest BCUT2D eigenvalue weighted by molar-refractivity contribution is 5.51. The van der Waals surface area contributed by atoms with Crippen LogP contribution in [0.25, 0.3) is 11.5 Å². The number of rotatable bonds is 4. The standard InChI is InChI=1S/C11H13N5O/c1-3-12-9-6-7-13-11(14-9)8-4-5-10(17-2)16-15-8/h4-7H,3H2,1-2H3,(H,12,13,14). The Morgan fingerprint density at radius 2 is 2.12 bits per heavy atom. The van der Waals surface area contributed by atoms with Gasteiger partial charge in [0.2, 0.25) is 5.88 Å². The third-order valence-corrected chi connectivity index (χ3v) is 2.09. The molecule has 88 valence electrons. The molecule has 0 fully saturated rings. The molecule has 2 rings (SSSR count). The van der Waals surface area contributed by atoms with Gasteiger partial charge in [0.15, 0.2) is 5.82 Å². The van der Waals surface area contributed by atoms with Gasteiger partial charge in [-0.3, -0.25) is 0 Å². The molecule has 0 aliphatic rings. The lowest BCUT2D eigenvalue weighted by atomic mass is 10.3. The molecule has 0 atom stereocenters. The SMILES string of the molecule is CCNc1ccnc(-c2ccc(OC)nn2)n1. The molecule has 0 aliphatic carbocycles. The maximum atomic E-state index is 4.94. The van der Waals surface area contributed by atoms with Crippen molar-refractivity contribution in [2.45, 2.75) is 6.92 Å². The van der Waals surface area contributed by atoms with E-state index in [-0.39, 0.29) is 0 Å². The quantitative estimate of drug-likeness (QED) is 0.856. The zero-order chi connectivity index (χ0) is 12.1. The Morgan fingerprint density at radius 1 is 1.24 bits per heavy atom. The van der Waals surface area contributed by atoms with E-state index in [0.29, 0.717) is 17.4 Å². The summed E-state index contributed by atoms with van der Waals surface area (Å²) in [5.74, 6) is 1.78. The van der Waals surface area contributed by atoms with E-state index in [4.69, 9.17) is 4.74 Å². The monoisotopic (exact) mass is 231 g/mol. The van der Waals surface area contributed by atoms with Crippen LogP contribution in [-0.4, -0.2) is 33.8 Å². The summed E-state index contributed by atoms with van der Waals surface area (Å²) in [7, 11) is 1.55. The van der Waals surface area contributed by atoms with Crippen LogP contribution in [0.2, 0.25) is 0 Å². The number of hydrogen-bond donors (Lipinski definition) is 1. The molecule has 2 aromatic rings. The maximum absolute atomic E-state index is 4.94. The van der Waals surface area contributed by atoms with Crippen molar-refractivity contribution in [2.24, 2.45) is 0 Å². The number of ether oxygens (including phenoxy) is 1. The minimum atomic E-state index is 0.469. The molecular formula is C11H13N5O. The molecule has 6 nitrogen and oxygen atoms in total. The van der Waals surface area contributed by atoms with Gasteiger partial charge in [0.05, 0.1) is 7.11 Å². The smallest absolute Gasteiger partial charge is 0.233 e. The summed E-state index contributed by atoms with van der Waals surface area (Å²) in [6.45, 7) is 2.82. The van der Waals surface area contributed by atoms with Gasteiger partial charge < -0.3 is 10.1 Å². The van der Waals surface area contributed by atoms with Crippen molar-refractivity contribution in [3.05, 3.63) is 24.4 Å². The second-order valence-corrected chi connectivity index (χ2v) is 3.26. The molecule has 17 heavy (non-hydrogen) atoms. The van der Waals surface area contributed by atoms with Crippen molar-refractivity contribution in [1.82, 2.24) is 20.2 Å². The van der Waals surface area contributed by atoms with Gasteiger partial charge in [-0.15, -0.1) is 10.2 Å². The Kier molecular flexibility index (Phi) is 3.44. The van der Waals surface area contributed by atoms with E-state index in [1.54, 1.807) is 25.4 Å². The van der Waals surface area contributed by atoms with E-state index >= 15 is 0 Å². The van der Waals surface area contributed by atoms with Crippen LogP contribution in [0.4, 0.5) is 5.82 Å². The van der Waals surface area contributed by atoms with Gasteiger partial charge in [0.1, 0.15) is 11.5 Å². The number of anilines is 1. The predicted molar refractivity (Wildman–Crippen MR) is 63.8 cm³/mol. The van der Waals surface area contributed by atoms with Gasteiger partial charge in [0, 0.05) is 18.8 Å². The molecule has 0 bridgehead atoms. The van der Waals surface area contributed by atoms with Crippen molar-refractivity contribution < 1.29 is 4.74 Å². The number of methoxy groups -OCH3 is 1. The summed E-state index contributed by atoms with van der Waals surface area (Å²) in [5.41, 5.74) is 0.616. The number of hydrogen-bond acceptors (Lipinski definition) is 6. The largest absolute Gasteiger partial charge is 0.480 e. The fourth-order valence-corrected chi connectivity index (χ4v) is 1.31. The van der Waals surface area contributed by atoms with Crippen LogP contribution < -0.4 is 10.1 Å². The lowest BCUT2D eigenvalue weighted by Crippen LogP contribution is -2.02. The van der Waals surface area contributed by atoms with E-state index in [0.717, 1.165) is 12.4 Å². The minimum absolute atomic E-state index is 0.469. The summed E-state index contributed by atoms with van der Waals surface area (Å²) in [6, 6.07) is 5.31. The zero-order valence-electron chi connectivity index (χ0n) is 9.71. The molecule has 6 heteroatoms. The molecule has 2 heterocycles. The molecule has 0 aliphatic heterocycles. The van der Waals surface area contributed by atoms with Crippen LogP contribution in [0.3, 0.4) is 0 Å². The average molecular weight is 231 g/mol.